The Morgan fingerprint density at radius 1 is 1.21 bits per heavy atom. The summed E-state index contributed by atoms with van der Waals surface area (Å²) < 4.78 is 0. The summed E-state index contributed by atoms with van der Waals surface area (Å²) in [4.78, 5) is 24.3. The van der Waals surface area contributed by atoms with Crippen molar-refractivity contribution in [1.82, 2.24) is 0 Å². The van der Waals surface area contributed by atoms with Crippen molar-refractivity contribution in [2.24, 2.45) is 16.1 Å². The maximum atomic E-state index is 12.9. The maximum absolute atomic E-state index is 12.9. The van der Waals surface area contributed by atoms with Crippen LogP contribution in [0.5, 0.6) is 5.75 Å². The van der Waals surface area contributed by atoms with Crippen molar-refractivity contribution in [1.29, 1.82) is 0 Å². The monoisotopic (exact) mass is 488 g/mol. The number of phenolic OH excluding ortho intramolecular Hbond substituents is 1. The molecule has 2 aliphatic rings. The molecule has 0 saturated heterocycles. The lowest BCUT2D eigenvalue weighted by atomic mass is 9.77. The molecule has 2 aromatic carbocycles. The van der Waals surface area contributed by atoms with Crippen molar-refractivity contribution < 1.29 is 19.8 Å². The van der Waals surface area contributed by atoms with Crippen LogP contribution >= 0.6 is 23.2 Å². The van der Waals surface area contributed by atoms with Crippen molar-refractivity contribution in [3.05, 3.63) is 52.0 Å². The predicted molar refractivity (Wildman–Crippen MR) is 129 cm³/mol. The number of carboxylic acids is 1. The third-order valence-corrected chi connectivity index (χ3v) is 6.69. The van der Waals surface area contributed by atoms with Gasteiger partial charge in [-0.2, -0.15) is 15.2 Å². The van der Waals surface area contributed by atoms with E-state index in [4.69, 9.17) is 23.2 Å². The maximum Gasteiger partial charge on any atom is 0.306 e. The van der Waals surface area contributed by atoms with E-state index in [9.17, 15) is 19.8 Å². The van der Waals surface area contributed by atoms with Gasteiger partial charge in [-0.15, -0.1) is 0 Å². The number of amides is 1. The molecule has 4 rings (SSSR count). The first-order valence-corrected chi connectivity index (χ1v) is 11.2. The molecule has 0 spiro atoms. The third kappa shape index (κ3) is 4.67. The van der Waals surface area contributed by atoms with Gasteiger partial charge in [-0.3, -0.25) is 15.0 Å². The van der Waals surface area contributed by atoms with E-state index in [-0.39, 0.29) is 17.4 Å². The molecular weight excluding hydrogens is 467 g/mol. The highest BCUT2D eigenvalue weighted by Crippen LogP contribution is 2.42. The van der Waals surface area contributed by atoms with E-state index in [1.807, 2.05) is 0 Å². The SMILES string of the molecule is CC1=NN(c2ccc(Cl)c(Cl)c2)C(=O)C1=NNc1cccc(C2CCCC(C(=O)O)C2)c1O. The van der Waals surface area contributed by atoms with E-state index in [0.29, 0.717) is 45.5 Å². The number of aliphatic carboxylic acids is 1. The van der Waals surface area contributed by atoms with E-state index in [1.165, 1.54) is 5.01 Å². The lowest BCUT2D eigenvalue weighted by molar-refractivity contribution is -0.143. The van der Waals surface area contributed by atoms with Crippen molar-refractivity contribution in [2.75, 3.05) is 10.4 Å². The van der Waals surface area contributed by atoms with Crippen LogP contribution in [-0.2, 0) is 9.59 Å². The van der Waals surface area contributed by atoms with Crippen LogP contribution in [0, 0.1) is 5.92 Å². The molecule has 1 aliphatic heterocycles. The normalized spacial score (nSPS) is 21.9. The van der Waals surface area contributed by atoms with Crippen LogP contribution in [0.25, 0.3) is 0 Å². The van der Waals surface area contributed by atoms with Gasteiger partial charge in [0.2, 0.25) is 0 Å². The van der Waals surface area contributed by atoms with E-state index >= 15 is 0 Å². The van der Waals surface area contributed by atoms with Gasteiger partial charge in [0, 0.05) is 0 Å². The molecule has 2 aromatic rings. The Labute approximate surface area is 200 Å². The molecule has 0 bridgehead atoms. The number of hydrogen-bond acceptors (Lipinski definition) is 6. The lowest BCUT2D eigenvalue weighted by Crippen LogP contribution is -2.28. The number of para-hydroxylation sites is 1. The van der Waals surface area contributed by atoms with Gasteiger partial charge in [-0.1, -0.05) is 41.8 Å². The number of phenols is 1. The summed E-state index contributed by atoms with van der Waals surface area (Å²) in [5.41, 5.74) is 4.70. The Kier molecular flexibility index (Phi) is 6.58. The quantitative estimate of drug-likeness (QED) is 0.392. The molecular formula is C23H22Cl2N4O4. The standard InChI is InChI=1S/C23H22Cl2N4O4/c1-12-20(22(31)29(28-12)15-8-9-17(24)18(25)11-15)27-26-19-7-3-6-16(21(19)30)13-4-2-5-14(10-13)23(32)33/h3,6-9,11,13-14,26,30H,2,4-5,10H2,1H3,(H,32,33). The number of benzene rings is 2. The molecule has 8 nitrogen and oxygen atoms in total. The summed E-state index contributed by atoms with van der Waals surface area (Å²) in [6.45, 7) is 1.65. The molecule has 2 unspecified atom stereocenters. The summed E-state index contributed by atoms with van der Waals surface area (Å²) in [5.74, 6) is -1.73. The van der Waals surface area contributed by atoms with Crippen LogP contribution in [0.3, 0.4) is 0 Å². The number of nitrogens with one attached hydrogen (secondary N) is 1. The molecule has 172 valence electrons. The molecule has 2 atom stereocenters. The fourth-order valence-corrected chi connectivity index (χ4v) is 4.50. The third-order valence-electron chi connectivity index (χ3n) is 5.95. The minimum absolute atomic E-state index is 0.000680. The van der Waals surface area contributed by atoms with Gasteiger partial charge in [-0.05, 0) is 61.9 Å². The van der Waals surface area contributed by atoms with Crippen molar-refractivity contribution in [2.45, 2.75) is 38.5 Å². The minimum Gasteiger partial charge on any atom is -0.505 e. The van der Waals surface area contributed by atoms with Crippen LogP contribution < -0.4 is 10.4 Å². The molecule has 1 amide bonds. The fraction of sp³-hybridized carbons (Fsp3) is 0.304. The Morgan fingerprint density at radius 2 is 2.00 bits per heavy atom. The number of anilines is 2. The number of aromatic hydroxyl groups is 1. The predicted octanol–water partition coefficient (Wildman–Crippen LogP) is 5.25. The number of carboxylic acid groups (broad SMARTS) is 1. The topological polar surface area (TPSA) is 115 Å². The van der Waals surface area contributed by atoms with Gasteiger partial charge < -0.3 is 10.2 Å². The molecule has 1 heterocycles. The van der Waals surface area contributed by atoms with Gasteiger partial charge in [0.15, 0.2) is 5.71 Å². The number of nitrogens with zero attached hydrogens (tertiary/aromatic N) is 3. The number of hydrogen-bond donors (Lipinski definition) is 3. The molecule has 3 N–H and O–H groups in total. The van der Waals surface area contributed by atoms with Crippen LogP contribution in [0.2, 0.25) is 10.0 Å². The van der Waals surface area contributed by atoms with Gasteiger partial charge in [0.1, 0.15) is 5.75 Å². The summed E-state index contributed by atoms with van der Waals surface area (Å²) in [5, 5.41) is 30.5. The van der Waals surface area contributed by atoms with Gasteiger partial charge in [0.05, 0.1) is 33.0 Å². The number of halogens is 2. The molecule has 33 heavy (non-hydrogen) atoms. The lowest BCUT2D eigenvalue weighted by Gasteiger charge is -2.27. The Morgan fingerprint density at radius 3 is 2.73 bits per heavy atom. The van der Waals surface area contributed by atoms with Gasteiger partial charge >= 0.3 is 11.9 Å². The zero-order chi connectivity index (χ0) is 23.7. The summed E-state index contributed by atoms with van der Waals surface area (Å²) in [6.07, 6.45) is 2.71. The van der Waals surface area contributed by atoms with E-state index in [0.717, 1.165) is 12.8 Å². The van der Waals surface area contributed by atoms with E-state index < -0.39 is 17.8 Å². The van der Waals surface area contributed by atoms with Crippen LogP contribution in [0.4, 0.5) is 11.4 Å². The van der Waals surface area contributed by atoms with Crippen molar-refractivity contribution in [3.63, 3.8) is 0 Å². The number of carbonyl (C=O) groups excluding carboxylic acids is 1. The average Bonchev–Trinajstić information content (AvgIpc) is 3.08. The van der Waals surface area contributed by atoms with Gasteiger partial charge in [-0.25, -0.2) is 0 Å². The number of hydrazone groups is 2. The summed E-state index contributed by atoms with van der Waals surface area (Å²) in [6, 6.07) is 9.95. The second-order valence-corrected chi connectivity index (χ2v) is 8.93. The smallest absolute Gasteiger partial charge is 0.306 e. The second kappa shape index (κ2) is 9.41. The van der Waals surface area contributed by atoms with Crippen molar-refractivity contribution >= 4 is 57.9 Å². The minimum atomic E-state index is -0.805. The van der Waals surface area contributed by atoms with Gasteiger partial charge in [0.25, 0.3) is 0 Å². The molecule has 0 radical (unpaired) electrons. The number of rotatable bonds is 5. The van der Waals surface area contributed by atoms with Crippen LogP contribution in [-0.4, -0.2) is 33.5 Å². The highest BCUT2D eigenvalue weighted by Gasteiger charge is 2.32. The van der Waals surface area contributed by atoms with Crippen molar-refractivity contribution in [3.8, 4) is 5.75 Å². The Bertz CT molecular complexity index is 1180. The molecule has 1 aliphatic carbocycles. The van der Waals surface area contributed by atoms with Crippen LogP contribution in [0.15, 0.2) is 46.6 Å². The fourth-order valence-electron chi connectivity index (χ4n) is 4.21. The molecule has 1 saturated carbocycles. The average molecular weight is 489 g/mol. The highest BCUT2D eigenvalue weighted by molar-refractivity contribution is 6.71. The Balaban J connectivity index is 1.54. The molecule has 1 fully saturated rings. The Hall–Kier alpha value is -3.10. The zero-order valence-electron chi connectivity index (χ0n) is 17.8. The second-order valence-electron chi connectivity index (χ2n) is 8.12. The first-order valence-electron chi connectivity index (χ1n) is 10.5. The summed E-state index contributed by atoms with van der Waals surface area (Å²) >= 11 is 12.0. The summed E-state index contributed by atoms with van der Waals surface area (Å²) in [7, 11) is 0. The first kappa shape index (κ1) is 23.1. The van der Waals surface area contributed by atoms with E-state index in [2.05, 4.69) is 15.6 Å². The largest absolute Gasteiger partial charge is 0.505 e. The molecule has 10 heteroatoms. The highest BCUT2D eigenvalue weighted by atomic mass is 35.5. The van der Waals surface area contributed by atoms with Crippen LogP contribution in [0.1, 0.15) is 44.1 Å². The van der Waals surface area contributed by atoms with E-state index in [1.54, 1.807) is 43.3 Å². The molecule has 0 aromatic heterocycles. The number of carbonyl (C=O) groups is 2. The first-order chi connectivity index (χ1) is 15.8. The zero-order valence-corrected chi connectivity index (χ0v) is 19.3.